The number of nitrogens with one attached hydrogen (secondary N) is 1. The molecule has 0 saturated carbocycles. The molecule has 19 heavy (non-hydrogen) atoms. The van der Waals surface area contributed by atoms with Crippen molar-refractivity contribution in [3.8, 4) is 5.75 Å². The fourth-order valence-corrected chi connectivity index (χ4v) is 2.33. The summed E-state index contributed by atoms with van der Waals surface area (Å²) in [5.74, 6) is 0.918. The van der Waals surface area contributed by atoms with Crippen molar-refractivity contribution in [3.05, 3.63) is 58.6 Å². The minimum atomic E-state index is 0.255. The molecule has 0 saturated heterocycles. The number of hydrogen-bond donors (Lipinski definition) is 1. The fourth-order valence-electron chi connectivity index (χ4n) is 1.93. The van der Waals surface area contributed by atoms with Gasteiger partial charge in [0.25, 0.3) is 0 Å². The van der Waals surface area contributed by atoms with Crippen LogP contribution in [0.4, 0.5) is 5.69 Å². The van der Waals surface area contributed by atoms with Gasteiger partial charge in [0.1, 0.15) is 5.75 Å². The molecule has 2 aromatic rings. The predicted octanol–water partition coefficient (Wildman–Crippen LogP) is 5.02. The molecule has 1 unspecified atom stereocenters. The second-order valence-electron chi connectivity index (χ2n) is 4.38. The van der Waals surface area contributed by atoms with Crippen molar-refractivity contribution in [2.45, 2.75) is 19.9 Å². The Morgan fingerprint density at radius 3 is 2.53 bits per heavy atom. The van der Waals surface area contributed by atoms with E-state index in [1.807, 2.05) is 31.2 Å². The van der Waals surface area contributed by atoms with Gasteiger partial charge in [-0.2, -0.15) is 0 Å². The number of hydrogen-bond acceptors (Lipinski definition) is 2. The van der Waals surface area contributed by atoms with Crippen molar-refractivity contribution in [1.29, 1.82) is 0 Å². The summed E-state index contributed by atoms with van der Waals surface area (Å²) in [6.45, 7) is 4.84. The van der Waals surface area contributed by atoms with Gasteiger partial charge >= 0.3 is 0 Å². The zero-order valence-corrected chi connectivity index (χ0v) is 12.8. The van der Waals surface area contributed by atoms with Gasteiger partial charge in [-0.1, -0.05) is 34.1 Å². The lowest BCUT2D eigenvalue weighted by Gasteiger charge is -2.16. The third-order valence-electron chi connectivity index (χ3n) is 2.90. The van der Waals surface area contributed by atoms with Crippen LogP contribution in [0.15, 0.2) is 53.0 Å². The van der Waals surface area contributed by atoms with Crippen molar-refractivity contribution in [3.63, 3.8) is 0 Å². The highest BCUT2D eigenvalue weighted by atomic mass is 79.9. The first-order chi connectivity index (χ1) is 9.19. The van der Waals surface area contributed by atoms with Gasteiger partial charge in [-0.05, 0) is 49.7 Å². The van der Waals surface area contributed by atoms with E-state index in [1.54, 1.807) is 0 Å². The zero-order chi connectivity index (χ0) is 13.7. The second-order valence-corrected chi connectivity index (χ2v) is 5.29. The molecular weight excluding hydrogens is 302 g/mol. The Hall–Kier alpha value is -1.48. The molecule has 100 valence electrons. The van der Waals surface area contributed by atoms with E-state index in [2.05, 4.69) is 52.4 Å². The molecule has 0 aliphatic rings. The summed E-state index contributed by atoms with van der Waals surface area (Å²) >= 11 is 3.48. The Labute approximate surface area is 122 Å². The second kappa shape index (κ2) is 6.62. The number of halogens is 1. The predicted molar refractivity (Wildman–Crippen MR) is 83.8 cm³/mol. The van der Waals surface area contributed by atoms with Crippen LogP contribution in [0.1, 0.15) is 25.5 Å². The van der Waals surface area contributed by atoms with Gasteiger partial charge in [0.15, 0.2) is 0 Å². The van der Waals surface area contributed by atoms with Crippen molar-refractivity contribution < 1.29 is 4.74 Å². The Balaban J connectivity index is 2.05. The van der Waals surface area contributed by atoms with Gasteiger partial charge in [-0.25, -0.2) is 0 Å². The maximum absolute atomic E-state index is 5.45. The molecule has 2 rings (SSSR count). The molecule has 0 aliphatic carbocycles. The van der Waals surface area contributed by atoms with Crippen LogP contribution >= 0.6 is 15.9 Å². The standard InChI is InChI=1S/C16H18BrNO/c1-3-19-16-9-7-13(8-10-16)12(2)18-15-6-4-5-14(17)11-15/h4-12,18H,3H2,1-2H3. The van der Waals surface area contributed by atoms with Gasteiger partial charge in [-0.15, -0.1) is 0 Å². The molecule has 0 amide bonds. The Morgan fingerprint density at radius 2 is 1.89 bits per heavy atom. The van der Waals surface area contributed by atoms with Crippen LogP contribution in [-0.4, -0.2) is 6.61 Å². The highest BCUT2D eigenvalue weighted by Gasteiger charge is 2.05. The summed E-state index contributed by atoms with van der Waals surface area (Å²) in [5, 5.41) is 3.48. The van der Waals surface area contributed by atoms with Gasteiger partial charge < -0.3 is 10.1 Å². The molecule has 0 radical (unpaired) electrons. The maximum atomic E-state index is 5.45. The molecule has 0 fully saturated rings. The van der Waals surface area contributed by atoms with E-state index in [1.165, 1.54) is 5.56 Å². The molecule has 2 aromatic carbocycles. The highest BCUT2D eigenvalue weighted by Crippen LogP contribution is 2.23. The first-order valence-electron chi connectivity index (χ1n) is 6.44. The number of anilines is 1. The van der Waals surface area contributed by atoms with E-state index in [-0.39, 0.29) is 6.04 Å². The minimum absolute atomic E-state index is 0.255. The summed E-state index contributed by atoms with van der Waals surface area (Å²) in [4.78, 5) is 0. The summed E-state index contributed by atoms with van der Waals surface area (Å²) < 4.78 is 6.53. The minimum Gasteiger partial charge on any atom is -0.494 e. The summed E-state index contributed by atoms with van der Waals surface area (Å²) in [6, 6.07) is 16.7. The molecule has 0 bridgehead atoms. The molecule has 1 N–H and O–H groups in total. The molecule has 0 aromatic heterocycles. The molecule has 1 atom stereocenters. The third-order valence-corrected chi connectivity index (χ3v) is 3.39. The number of ether oxygens (including phenoxy) is 1. The van der Waals surface area contributed by atoms with Crippen LogP contribution in [0.5, 0.6) is 5.75 Å². The largest absolute Gasteiger partial charge is 0.494 e. The normalized spacial score (nSPS) is 11.9. The lowest BCUT2D eigenvalue weighted by molar-refractivity contribution is 0.340. The quantitative estimate of drug-likeness (QED) is 0.835. The molecule has 0 heterocycles. The zero-order valence-electron chi connectivity index (χ0n) is 11.2. The molecule has 0 spiro atoms. The fraction of sp³-hybridized carbons (Fsp3) is 0.250. The van der Waals surface area contributed by atoms with E-state index < -0.39 is 0 Å². The smallest absolute Gasteiger partial charge is 0.119 e. The first kappa shape index (κ1) is 13.9. The van der Waals surface area contributed by atoms with Crippen LogP contribution in [0.3, 0.4) is 0 Å². The van der Waals surface area contributed by atoms with Crippen LogP contribution in [0, 0.1) is 0 Å². The summed E-state index contributed by atoms with van der Waals surface area (Å²) in [5.41, 5.74) is 2.35. The van der Waals surface area contributed by atoms with E-state index >= 15 is 0 Å². The maximum Gasteiger partial charge on any atom is 0.119 e. The Morgan fingerprint density at radius 1 is 1.16 bits per heavy atom. The molecule has 3 heteroatoms. The lowest BCUT2D eigenvalue weighted by atomic mass is 10.1. The average Bonchev–Trinajstić information content (AvgIpc) is 2.40. The number of benzene rings is 2. The first-order valence-corrected chi connectivity index (χ1v) is 7.23. The monoisotopic (exact) mass is 319 g/mol. The summed E-state index contributed by atoms with van der Waals surface area (Å²) in [7, 11) is 0. The highest BCUT2D eigenvalue weighted by molar-refractivity contribution is 9.10. The number of rotatable bonds is 5. The van der Waals surface area contributed by atoms with Crippen LogP contribution < -0.4 is 10.1 Å². The third kappa shape index (κ3) is 4.00. The van der Waals surface area contributed by atoms with Crippen LogP contribution in [-0.2, 0) is 0 Å². The average molecular weight is 320 g/mol. The van der Waals surface area contributed by atoms with E-state index in [4.69, 9.17) is 4.74 Å². The Bertz CT molecular complexity index is 525. The topological polar surface area (TPSA) is 21.3 Å². The van der Waals surface area contributed by atoms with Gasteiger partial charge in [-0.3, -0.25) is 0 Å². The van der Waals surface area contributed by atoms with Crippen molar-refractivity contribution in [2.24, 2.45) is 0 Å². The molecular formula is C16H18BrNO. The van der Waals surface area contributed by atoms with Gasteiger partial charge in [0.05, 0.1) is 6.61 Å². The van der Waals surface area contributed by atoms with Crippen LogP contribution in [0.2, 0.25) is 0 Å². The van der Waals surface area contributed by atoms with Crippen LogP contribution in [0.25, 0.3) is 0 Å². The van der Waals surface area contributed by atoms with Gasteiger partial charge in [0.2, 0.25) is 0 Å². The SMILES string of the molecule is CCOc1ccc(C(C)Nc2cccc(Br)c2)cc1. The molecule has 2 nitrogen and oxygen atoms in total. The van der Waals surface area contributed by atoms with Crippen molar-refractivity contribution in [1.82, 2.24) is 0 Å². The van der Waals surface area contributed by atoms with Crippen molar-refractivity contribution in [2.75, 3.05) is 11.9 Å². The van der Waals surface area contributed by atoms with E-state index in [9.17, 15) is 0 Å². The Kier molecular flexibility index (Phi) is 4.86. The molecule has 0 aliphatic heterocycles. The van der Waals surface area contributed by atoms with Gasteiger partial charge in [0, 0.05) is 16.2 Å². The van der Waals surface area contributed by atoms with Crippen molar-refractivity contribution >= 4 is 21.6 Å². The van der Waals surface area contributed by atoms with E-state index in [0.29, 0.717) is 6.61 Å². The van der Waals surface area contributed by atoms with E-state index in [0.717, 1.165) is 15.9 Å². The lowest BCUT2D eigenvalue weighted by Crippen LogP contribution is -2.06. The summed E-state index contributed by atoms with van der Waals surface area (Å²) in [6.07, 6.45) is 0.